The van der Waals surface area contributed by atoms with Crippen LogP contribution in [0.15, 0.2) is 35.4 Å². The maximum absolute atomic E-state index is 12.9. The van der Waals surface area contributed by atoms with Gasteiger partial charge in [0.2, 0.25) is 0 Å². The molecule has 178 valence electrons. The van der Waals surface area contributed by atoms with Gasteiger partial charge in [0.15, 0.2) is 0 Å². The van der Waals surface area contributed by atoms with E-state index in [9.17, 15) is 9.59 Å². The molecule has 1 aliphatic heterocycles. The van der Waals surface area contributed by atoms with E-state index < -0.39 is 5.97 Å². The fourth-order valence-corrected chi connectivity index (χ4v) is 4.86. The van der Waals surface area contributed by atoms with E-state index in [0.717, 1.165) is 56.6 Å². The highest BCUT2D eigenvalue weighted by atomic mass is 16.5. The molecule has 4 rings (SSSR count). The molecule has 2 aliphatic rings. The Hall–Kier alpha value is -2.87. The zero-order chi connectivity index (χ0) is 23.2. The number of aromatic nitrogens is 3. The summed E-state index contributed by atoms with van der Waals surface area (Å²) in [5.74, 6) is 0.536. The molecule has 0 aromatic carbocycles. The molecular weight excluding hydrogens is 420 g/mol. The third kappa shape index (κ3) is 5.74. The van der Waals surface area contributed by atoms with Crippen LogP contribution in [0.25, 0.3) is 0 Å². The summed E-state index contributed by atoms with van der Waals surface area (Å²) in [5.41, 5.74) is 2.12. The predicted molar refractivity (Wildman–Crippen MR) is 126 cm³/mol. The highest BCUT2D eigenvalue weighted by Crippen LogP contribution is 2.25. The molecule has 3 heterocycles. The number of pyridine rings is 1. The number of nitrogens with zero attached hydrogens (tertiary/aromatic N) is 4. The quantitative estimate of drug-likeness (QED) is 0.347. The van der Waals surface area contributed by atoms with Crippen LogP contribution in [0, 0.1) is 5.92 Å². The number of esters is 1. The number of hydrogen-bond acceptors (Lipinski definition) is 6. The van der Waals surface area contributed by atoms with Crippen molar-refractivity contribution in [3.63, 3.8) is 0 Å². The Morgan fingerprint density at radius 3 is 2.85 bits per heavy atom. The molecule has 8 heteroatoms. The van der Waals surface area contributed by atoms with Crippen LogP contribution in [-0.4, -0.2) is 58.6 Å². The van der Waals surface area contributed by atoms with Crippen molar-refractivity contribution in [3.8, 4) is 5.75 Å². The van der Waals surface area contributed by atoms with Gasteiger partial charge in [-0.3, -0.25) is 9.48 Å². The van der Waals surface area contributed by atoms with Gasteiger partial charge in [-0.1, -0.05) is 12.2 Å². The Kier molecular flexibility index (Phi) is 7.65. The number of methoxy groups -OCH3 is 1. The van der Waals surface area contributed by atoms with Crippen LogP contribution in [-0.2, 0) is 31.2 Å². The lowest BCUT2D eigenvalue weighted by Crippen LogP contribution is -2.33. The molecule has 0 saturated carbocycles. The zero-order valence-electron chi connectivity index (χ0n) is 19.7. The molecule has 0 fully saturated rings. The van der Waals surface area contributed by atoms with Crippen LogP contribution in [0.4, 0.5) is 0 Å². The molecule has 0 unspecified atom stereocenters. The Balaban J connectivity index is 1.47. The predicted octanol–water partition coefficient (Wildman–Crippen LogP) is 2.59. The van der Waals surface area contributed by atoms with Crippen LogP contribution < -0.4 is 10.3 Å². The first-order valence-corrected chi connectivity index (χ1v) is 11.9. The molecule has 0 amide bonds. The van der Waals surface area contributed by atoms with E-state index in [1.165, 1.54) is 19.6 Å². The van der Waals surface area contributed by atoms with Gasteiger partial charge in [0.25, 0.3) is 5.56 Å². The van der Waals surface area contributed by atoms with Crippen molar-refractivity contribution in [1.82, 2.24) is 19.2 Å². The van der Waals surface area contributed by atoms with Crippen molar-refractivity contribution < 1.29 is 14.3 Å². The average molecular weight is 455 g/mol. The monoisotopic (exact) mass is 454 g/mol. The minimum Gasteiger partial charge on any atom is -0.492 e. The van der Waals surface area contributed by atoms with Gasteiger partial charge in [-0.15, -0.1) is 0 Å². The first kappa shape index (κ1) is 23.3. The van der Waals surface area contributed by atoms with Crippen LogP contribution in [0.3, 0.4) is 0 Å². The number of ether oxygens (including phenoxy) is 2. The number of hydrogen-bond donors (Lipinski definition) is 0. The SMILES string of the molecule is COC(=O)c1c(OCCCc2cnn(C)c2)cc(=O)n2c1CCN(C[C@H]1CC=CCC1)CC2. The topological polar surface area (TPSA) is 78.6 Å². The summed E-state index contributed by atoms with van der Waals surface area (Å²) in [7, 11) is 3.26. The van der Waals surface area contributed by atoms with E-state index in [4.69, 9.17) is 9.47 Å². The van der Waals surface area contributed by atoms with E-state index in [2.05, 4.69) is 22.2 Å². The van der Waals surface area contributed by atoms with Crippen molar-refractivity contribution in [2.75, 3.05) is 33.4 Å². The summed E-state index contributed by atoms with van der Waals surface area (Å²) in [6.07, 6.45) is 14.0. The van der Waals surface area contributed by atoms with E-state index >= 15 is 0 Å². The number of aryl methyl sites for hydroxylation is 2. The first-order valence-electron chi connectivity index (χ1n) is 11.9. The molecule has 0 bridgehead atoms. The highest BCUT2D eigenvalue weighted by Gasteiger charge is 2.27. The lowest BCUT2D eigenvalue weighted by Gasteiger charge is -2.26. The third-order valence-corrected chi connectivity index (χ3v) is 6.60. The maximum atomic E-state index is 12.9. The van der Waals surface area contributed by atoms with E-state index in [0.29, 0.717) is 36.8 Å². The second-order valence-electron chi connectivity index (χ2n) is 8.99. The first-order chi connectivity index (χ1) is 16.0. The van der Waals surface area contributed by atoms with Crippen LogP contribution in [0.5, 0.6) is 5.75 Å². The van der Waals surface area contributed by atoms with E-state index in [1.807, 2.05) is 19.4 Å². The van der Waals surface area contributed by atoms with Crippen molar-refractivity contribution >= 4 is 5.97 Å². The zero-order valence-corrected chi connectivity index (χ0v) is 19.7. The minimum atomic E-state index is -0.452. The molecule has 2 aromatic heterocycles. The normalized spacial score (nSPS) is 18.5. The van der Waals surface area contributed by atoms with Gasteiger partial charge in [-0.05, 0) is 43.6 Å². The Bertz CT molecular complexity index is 1060. The lowest BCUT2D eigenvalue weighted by atomic mass is 9.94. The van der Waals surface area contributed by atoms with Gasteiger partial charge in [-0.2, -0.15) is 5.10 Å². The molecule has 0 N–H and O–H groups in total. The van der Waals surface area contributed by atoms with Crippen molar-refractivity contribution in [1.29, 1.82) is 0 Å². The molecule has 0 spiro atoms. The number of rotatable bonds is 8. The fraction of sp³-hybridized carbons (Fsp3) is 0.560. The van der Waals surface area contributed by atoms with Crippen LogP contribution in [0.2, 0.25) is 0 Å². The molecule has 0 radical (unpaired) electrons. The average Bonchev–Trinajstić information content (AvgIpc) is 3.12. The molecule has 8 nitrogen and oxygen atoms in total. The Morgan fingerprint density at radius 1 is 1.24 bits per heavy atom. The minimum absolute atomic E-state index is 0.123. The van der Waals surface area contributed by atoms with Gasteiger partial charge >= 0.3 is 5.97 Å². The molecule has 1 aliphatic carbocycles. The summed E-state index contributed by atoms with van der Waals surface area (Å²) >= 11 is 0. The van der Waals surface area contributed by atoms with E-state index in [-0.39, 0.29) is 5.56 Å². The standard InChI is InChI=1S/C25H34N4O4/c1-27-17-20(16-26-27)9-6-14-33-22-15-23(30)29-13-12-28(18-19-7-4-3-5-8-19)11-10-21(29)24(22)25(31)32-2/h3-4,15-17,19H,5-14,18H2,1-2H3/t19-/m0/s1. The molecule has 33 heavy (non-hydrogen) atoms. The van der Waals surface area contributed by atoms with Crippen LogP contribution >= 0.6 is 0 Å². The lowest BCUT2D eigenvalue weighted by molar-refractivity contribution is 0.0593. The summed E-state index contributed by atoms with van der Waals surface area (Å²) in [6.45, 7) is 3.62. The fourth-order valence-electron chi connectivity index (χ4n) is 4.86. The summed E-state index contributed by atoms with van der Waals surface area (Å²) < 4.78 is 14.5. The smallest absolute Gasteiger partial charge is 0.343 e. The molecular formula is C25H34N4O4. The summed E-state index contributed by atoms with van der Waals surface area (Å²) in [4.78, 5) is 28.1. The van der Waals surface area contributed by atoms with Gasteiger partial charge in [0.05, 0.1) is 19.9 Å². The Labute approximate surface area is 194 Å². The number of fused-ring (bicyclic) bond motifs is 1. The van der Waals surface area contributed by atoms with Crippen molar-refractivity contribution in [2.45, 2.75) is 45.1 Å². The van der Waals surface area contributed by atoms with Crippen molar-refractivity contribution in [3.05, 3.63) is 57.8 Å². The maximum Gasteiger partial charge on any atom is 0.343 e. The Morgan fingerprint density at radius 2 is 2.12 bits per heavy atom. The molecule has 0 saturated heterocycles. The molecule has 2 aromatic rings. The third-order valence-electron chi connectivity index (χ3n) is 6.60. The summed E-state index contributed by atoms with van der Waals surface area (Å²) in [5, 5.41) is 4.18. The second-order valence-corrected chi connectivity index (χ2v) is 8.99. The molecule has 1 atom stereocenters. The van der Waals surface area contributed by atoms with Gasteiger partial charge in [0, 0.05) is 57.6 Å². The van der Waals surface area contributed by atoms with Gasteiger partial charge < -0.3 is 18.9 Å². The van der Waals surface area contributed by atoms with E-state index in [1.54, 1.807) is 9.25 Å². The second kappa shape index (κ2) is 10.8. The van der Waals surface area contributed by atoms with Crippen LogP contribution in [0.1, 0.15) is 47.3 Å². The van der Waals surface area contributed by atoms with Gasteiger partial charge in [0.1, 0.15) is 11.3 Å². The summed E-state index contributed by atoms with van der Waals surface area (Å²) in [6, 6.07) is 1.45. The number of carbonyl (C=O) groups excluding carboxylic acids is 1. The largest absolute Gasteiger partial charge is 0.492 e. The highest BCUT2D eigenvalue weighted by molar-refractivity contribution is 5.93. The van der Waals surface area contributed by atoms with Gasteiger partial charge in [-0.25, -0.2) is 4.79 Å². The number of allylic oxidation sites excluding steroid dienone is 2. The number of carbonyl (C=O) groups is 1. The van der Waals surface area contributed by atoms with Crippen molar-refractivity contribution in [2.24, 2.45) is 13.0 Å².